The molecule has 2 heterocycles. The number of carbonyl (C=O) groups is 2. The zero-order valence-electron chi connectivity index (χ0n) is 23.5. The molecule has 0 aromatic heterocycles. The lowest BCUT2D eigenvalue weighted by Gasteiger charge is -2.48. The van der Waals surface area contributed by atoms with Crippen LogP contribution in [0.15, 0.2) is 65.8 Å². The van der Waals surface area contributed by atoms with E-state index in [9.17, 15) is 15.1 Å². The van der Waals surface area contributed by atoms with Crippen LogP contribution in [-0.2, 0) is 23.7 Å². The zero-order chi connectivity index (χ0) is 28.8. The van der Waals surface area contributed by atoms with Crippen molar-refractivity contribution in [2.45, 2.75) is 77.5 Å². The van der Waals surface area contributed by atoms with Crippen LogP contribution in [0.3, 0.4) is 0 Å². The maximum Gasteiger partial charge on any atom is 0.338 e. The Morgan fingerprint density at radius 3 is 1.98 bits per heavy atom. The van der Waals surface area contributed by atoms with E-state index in [4.69, 9.17) is 23.7 Å². The summed E-state index contributed by atoms with van der Waals surface area (Å²) in [6, 6.07) is 16.9. The summed E-state index contributed by atoms with van der Waals surface area (Å²) in [4.78, 5) is 28.4. The van der Waals surface area contributed by atoms with Crippen LogP contribution in [0.2, 0.25) is 0 Å². The van der Waals surface area contributed by atoms with Gasteiger partial charge in [-0.3, -0.25) is 0 Å². The molecule has 4 rings (SSSR count). The third kappa shape index (κ3) is 6.64. The summed E-state index contributed by atoms with van der Waals surface area (Å²) in [6.45, 7) is 9.65. The molecule has 0 spiro atoms. The predicted molar refractivity (Wildman–Crippen MR) is 146 cm³/mol. The molecule has 10 heteroatoms. The summed E-state index contributed by atoms with van der Waals surface area (Å²) >= 11 is 0. The first-order chi connectivity index (χ1) is 19.2. The lowest BCUT2D eigenvalue weighted by atomic mass is 9.82. The van der Waals surface area contributed by atoms with Gasteiger partial charge in [-0.25, -0.2) is 9.59 Å². The highest BCUT2D eigenvalue weighted by Crippen LogP contribution is 2.38. The van der Waals surface area contributed by atoms with Gasteiger partial charge in [0.25, 0.3) is 0 Å². The van der Waals surface area contributed by atoms with Crippen molar-refractivity contribution in [3.8, 4) is 0 Å². The van der Waals surface area contributed by atoms with Crippen molar-refractivity contribution < 1.29 is 33.3 Å². The van der Waals surface area contributed by atoms with E-state index in [0.29, 0.717) is 11.1 Å². The molecule has 0 bridgehead atoms. The highest BCUT2D eigenvalue weighted by Gasteiger charge is 2.48. The molecule has 10 atom stereocenters. The van der Waals surface area contributed by atoms with E-state index in [2.05, 4.69) is 10.0 Å². The summed E-state index contributed by atoms with van der Waals surface area (Å²) in [5.41, 5.74) is 10.2. The molecule has 2 aromatic rings. The third-order valence-corrected chi connectivity index (χ3v) is 8.05. The van der Waals surface area contributed by atoms with Crippen molar-refractivity contribution in [1.82, 2.24) is 0 Å². The van der Waals surface area contributed by atoms with Gasteiger partial charge in [-0.2, -0.15) is 0 Å². The average Bonchev–Trinajstić information content (AvgIpc) is 2.96. The molecule has 0 saturated carbocycles. The molecule has 0 radical (unpaired) electrons. The second kappa shape index (κ2) is 13.3. The number of benzene rings is 2. The van der Waals surface area contributed by atoms with Crippen LogP contribution in [0, 0.1) is 17.8 Å². The number of esters is 2. The average molecular weight is 552 g/mol. The molecule has 5 unspecified atom stereocenters. The topological polar surface area (TPSA) is 129 Å². The van der Waals surface area contributed by atoms with Crippen LogP contribution in [-0.4, -0.2) is 61.4 Å². The number of azide groups is 1. The van der Waals surface area contributed by atoms with E-state index in [0.717, 1.165) is 0 Å². The van der Waals surface area contributed by atoms with E-state index in [1.54, 1.807) is 48.5 Å². The third-order valence-electron chi connectivity index (χ3n) is 8.05. The van der Waals surface area contributed by atoms with Gasteiger partial charge in [-0.15, -0.1) is 0 Å². The molecule has 2 saturated heterocycles. The van der Waals surface area contributed by atoms with E-state index in [1.165, 1.54) is 0 Å². The summed E-state index contributed by atoms with van der Waals surface area (Å²) in [7, 11) is 0. The number of nitrogens with zero attached hydrogens (tertiary/aromatic N) is 3. The Morgan fingerprint density at radius 2 is 1.38 bits per heavy atom. The van der Waals surface area contributed by atoms with Gasteiger partial charge in [0.1, 0.15) is 12.7 Å². The quantitative estimate of drug-likeness (QED) is 0.181. The Balaban J connectivity index is 1.48. The normalized spacial score (nSPS) is 33.8. The van der Waals surface area contributed by atoms with Crippen molar-refractivity contribution in [3.05, 3.63) is 82.2 Å². The Hall–Kier alpha value is -3.43. The van der Waals surface area contributed by atoms with Gasteiger partial charge in [0, 0.05) is 10.8 Å². The fraction of sp³-hybridized carbons (Fsp3) is 0.533. The predicted octanol–water partition coefficient (Wildman–Crippen LogP) is 5.57. The Kier molecular flexibility index (Phi) is 9.81. The minimum absolute atomic E-state index is 0.0166. The van der Waals surface area contributed by atoms with Crippen LogP contribution in [0.25, 0.3) is 10.4 Å². The molecule has 40 heavy (non-hydrogen) atoms. The van der Waals surface area contributed by atoms with Gasteiger partial charge < -0.3 is 23.7 Å². The van der Waals surface area contributed by atoms with Crippen molar-refractivity contribution in [2.75, 3.05) is 6.61 Å². The van der Waals surface area contributed by atoms with Gasteiger partial charge in [0.15, 0.2) is 6.29 Å². The van der Waals surface area contributed by atoms with E-state index < -0.39 is 42.6 Å². The number of hydrogen-bond acceptors (Lipinski definition) is 8. The number of rotatable bonds is 8. The highest BCUT2D eigenvalue weighted by atomic mass is 16.7. The van der Waals surface area contributed by atoms with Gasteiger partial charge in [-0.05, 0) is 55.5 Å². The minimum Gasteiger partial charge on any atom is -0.459 e. The number of hydrogen-bond donors (Lipinski definition) is 0. The highest BCUT2D eigenvalue weighted by molar-refractivity contribution is 5.89. The lowest BCUT2D eigenvalue weighted by Crippen LogP contribution is -2.58. The van der Waals surface area contributed by atoms with Gasteiger partial charge in [0.05, 0.1) is 41.6 Å². The molecular formula is C30H37N3O7. The summed E-state index contributed by atoms with van der Waals surface area (Å²) < 4.78 is 30.4. The first-order valence-corrected chi connectivity index (χ1v) is 13.7. The van der Waals surface area contributed by atoms with Crippen molar-refractivity contribution in [1.29, 1.82) is 0 Å². The molecule has 2 fully saturated rings. The molecule has 0 amide bonds. The van der Waals surface area contributed by atoms with Crippen molar-refractivity contribution >= 4 is 11.9 Å². The Bertz CT molecular complexity index is 1190. The van der Waals surface area contributed by atoms with Crippen molar-refractivity contribution in [3.63, 3.8) is 0 Å². The van der Waals surface area contributed by atoms with Crippen LogP contribution in [0.4, 0.5) is 0 Å². The first-order valence-electron chi connectivity index (χ1n) is 13.7. The molecule has 0 aliphatic carbocycles. The van der Waals surface area contributed by atoms with Crippen LogP contribution in [0.5, 0.6) is 0 Å². The van der Waals surface area contributed by atoms with E-state index in [-0.39, 0.29) is 36.6 Å². The molecule has 10 nitrogen and oxygen atoms in total. The fourth-order valence-corrected chi connectivity index (χ4v) is 5.51. The van der Waals surface area contributed by atoms with Crippen molar-refractivity contribution in [2.24, 2.45) is 22.9 Å². The van der Waals surface area contributed by atoms with Crippen LogP contribution < -0.4 is 0 Å². The standard InChI is InChI=1S/C30H37N3O7/c1-17-18(2)25(32-33-31)30(38-24(17)16-36-28(34)22-12-8-6-9-13-22)40-27-19(3)26(20(4)37-21(27)5)39-29(35)23-14-10-7-11-15-23/h6-15,17-21,24-27,30H,16H2,1-5H3/t17-,18-,19+,20?,21?,24?,25?,26?,27-,30+/m0/s1. The summed E-state index contributed by atoms with van der Waals surface area (Å²) in [6.07, 6.45) is -3.22. The minimum atomic E-state index is -0.917. The molecule has 2 aromatic carbocycles. The lowest BCUT2D eigenvalue weighted by molar-refractivity contribution is -0.293. The summed E-state index contributed by atoms with van der Waals surface area (Å²) in [5, 5.41) is 4.01. The largest absolute Gasteiger partial charge is 0.459 e. The molecule has 214 valence electrons. The van der Waals surface area contributed by atoms with Gasteiger partial charge >= 0.3 is 11.9 Å². The molecule has 0 N–H and O–H groups in total. The van der Waals surface area contributed by atoms with Gasteiger partial charge in [-0.1, -0.05) is 62.3 Å². The van der Waals surface area contributed by atoms with Gasteiger partial charge in [0.2, 0.25) is 0 Å². The molecule has 2 aliphatic heterocycles. The number of carbonyl (C=O) groups excluding carboxylic acids is 2. The van der Waals surface area contributed by atoms with Crippen LogP contribution in [0.1, 0.15) is 55.3 Å². The maximum absolute atomic E-state index is 12.8. The van der Waals surface area contributed by atoms with E-state index >= 15 is 0 Å². The zero-order valence-corrected chi connectivity index (χ0v) is 23.5. The smallest absolute Gasteiger partial charge is 0.338 e. The second-order valence-corrected chi connectivity index (χ2v) is 10.7. The summed E-state index contributed by atoms with van der Waals surface area (Å²) in [5.74, 6) is -1.36. The Labute approximate surface area is 234 Å². The monoisotopic (exact) mass is 551 g/mol. The first kappa shape index (κ1) is 29.6. The molecule has 2 aliphatic rings. The van der Waals surface area contributed by atoms with E-state index in [1.807, 2.05) is 46.8 Å². The molecular weight excluding hydrogens is 514 g/mol. The maximum atomic E-state index is 12.8. The fourth-order valence-electron chi connectivity index (χ4n) is 5.51. The Morgan fingerprint density at radius 1 is 0.800 bits per heavy atom. The second-order valence-electron chi connectivity index (χ2n) is 10.7. The number of ether oxygens (including phenoxy) is 5. The van der Waals surface area contributed by atoms with Crippen LogP contribution >= 0.6 is 0 Å². The SMILES string of the molecule is CC1OC(C)[C@@H](O[C@H]2OC(COC(=O)c3ccccc3)[C@@H](C)[C@H](C)C2N=[N+]=[N-])[C@H](C)C1OC(=O)c1ccccc1.